The molecular formula is C19H20S2. The Morgan fingerprint density at radius 1 is 0.857 bits per heavy atom. The van der Waals surface area contributed by atoms with E-state index in [0.717, 1.165) is 12.8 Å². The number of hydrogen-bond acceptors (Lipinski definition) is 2. The fraction of sp³-hybridized carbons (Fsp3) is 0.368. The summed E-state index contributed by atoms with van der Waals surface area (Å²) in [5.41, 5.74) is 5.48. The molecule has 5 rings (SSSR count). The zero-order chi connectivity index (χ0) is 14.9. The molecule has 3 aliphatic carbocycles. The van der Waals surface area contributed by atoms with Crippen molar-refractivity contribution in [3.05, 3.63) is 70.8 Å². The Hall–Kier alpha value is -0.860. The van der Waals surface area contributed by atoms with Gasteiger partial charge in [-0.05, 0) is 40.5 Å². The van der Waals surface area contributed by atoms with Crippen LogP contribution in [0, 0.1) is 5.41 Å². The van der Waals surface area contributed by atoms with Crippen molar-refractivity contribution < 1.29 is 0 Å². The topological polar surface area (TPSA) is 0 Å². The summed E-state index contributed by atoms with van der Waals surface area (Å²) >= 11 is 10.5. The molecule has 108 valence electrons. The average molecular weight is 313 g/mol. The highest BCUT2D eigenvalue weighted by molar-refractivity contribution is 7.82. The van der Waals surface area contributed by atoms with Crippen LogP contribution in [0.4, 0.5) is 0 Å². The summed E-state index contributed by atoms with van der Waals surface area (Å²) in [5, 5.41) is 0. The Kier molecular flexibility index (Phi) is 2.70. The minimum Gasteiger partial charge on any atom is -0.163 e. The number of rotatable bonds is 1. The van der Waals surface area contributed by atoms with Gasteiger partial charge in [0, 0.05) is 0 Å². The van der Waals surface area contributed by atoms with E-state index in [1.54, 1.807) is 0 Å². The largest absolute Gasteiger partial charge is 0.163 e. The lowest BCUT2D eigenvalue weighted by molar-refractivity contribution is 0.167. The van der Waals surface area contributed by atoms with Gasteiger partial charge in [-0.25, -0.2) is 0 Å². The molecule has 0 saturated heterocycles. The molecule has 2 heteroatoms. The molecule has 0 aromatic heterocycles. The van der Waals surface area contributed by atoms with Crippen molar-refractivity contribution >= 4 is 25.3 Å². The molecule has 3 aliphatic rings. The van der Waals surface area contributed by atoms with Gasteiger partial charge < -0.3 is 0 Å². The zero-order valence-electron chi connectivity index (χ0n) is 12.4. The van der Waals surface area contributed by atoms with Crippen molar-refractivity contribution in [1.82, 2.24) is 0 Å². The summed E-state index contributed by atoms with van der Waals surface area (Å²) in [4.78, 5) is 0. The number of benzene rings is 2. The molecule has 21 heavy (non-hydrogen) atoms. The number of hydrogen-bond donors (Lipinski definition) is 2. The molecule has 0 saturated carbocycles. The molecule has 0 heterocycles. The van der Waals surface area contributed by atoms with Gasteiger partial charge in [0.1, 0.15) is 0 Å². The van der Waals surface area contributed by atoms with E-state index in [9.17, 15) is 0 Å². The second-order valence-corrected chi connectivity index (χ2v) is 8.19. The van der Waals surface area contributed by atoms with Crippen molar-refractivity contribution in [3.63, 3.8) is 0 Å². The van der Waals surface area contributed by atoms with Crippen LogP contribution in [0.3, 0.4) is 0 Å². The van der Waals surface area contributed by atoms with Crippen LogP contribution in [0.1, 0.15) is 48.9 Å². The van der Waals surface area contributed by atoms with Crippen LogP contribution in [-0.2, 0) is 9.49 Å². The number of thiol groups is 2. The van der Waals surface area contributed by atoms with Crippen LogP contribution >= 0.6 is 25.3 Å². The molecule has 2 bridgehead atoms. The molecule has 0 amide bonds. The third-order valence-corrected chi connectivity index (χ3v) is 7.49. The van der Waals surface area contributed by atoms with E-state index < -0.39 is 0 Å². The summed E-state index contributed by atoms with van der Waals surface area (Å²) in [6.45, 7) is 4.65. The molecule has 0 N–H and O–H groups in total. The summed E-state index contributed by atoms with van der Waals surface area (Å²) in [6, 6.07) is 17.5. The van der Waals surface area contributed by atoms with Crippen LogP contribution < -0.4 is 0 Å². The highest BCUT2D eigenvalue weighted by atomic mass is 32.1. The van der Waals surface area contributed by atoms with Crippen LogP contribution in [0.5, 0.6) is 0 Å². The van der Waals surface area contributed by atoms with Crippen molar-refractivity contribution in [2.45, 2.75) is 36.2 Å². The van der Waals surface area contributed by atoms with E-state index in [1.807, 2.05) is 0 Å². The average Bonchev–Trinajstić information content (AvgIpc) is 2.52. The van der Waals surface area contributed by atoms with Gasteiger partial charge in [0.2, 0.25) is 0 Å². The quantitative estimate of drug-likeness (QED) is 0.667. The Balaban J connectivity index is 2.18. The zero-order valence-corrected chi connectivity index (χ0v) is 14.2. The molecule has 0 aliphatic heterocycles. The highest BCUT2D eigenvalue weighted by Crippen LogP contribution is 2.70. The Labute approximate surface area is 137 Å². The molecular weight excluding hydrogens is 292 g/mol. The lowest BCUT2D eigenvalue weighted by Crippen LogP contribution is -2.55. The fourth-order valence-corrected chi connectivity index (χ4v) is 5.89. The van der Waals surface area contributed by atoms with Gasteiger partial charge in [-0.2, -0.15) is 25.3 Å². The Morgan fingerprint density at radius 2 is 1.29 bits per heavy atom. The summed E-state index contributed by atoms with van der Waals surface area (Å²) in [5.74, 6) is 0. The SMILES string of the molecule is CC[C@@]1(C)CC2(S)c3ccccc3C1(S)c1ccccc12. The molecule has 0 radical (unpaired) electrons. The maximum Gasteiger partial charge on any atom is 0.0687 e. The van der Waals surface area contributed by atoms with Gasteiger partial charge in [0.25, 0.3) is 0 Å². The predicted molar refractivity (Wildman–Crippen MR) is 95.4 cm³/mol. The monoisotopic (exact) mass is 312 g/mol. The molecule has 1 atom stereocenters. The lowest BCUT2D eigenvalue weighted by atomic mass is 9.51. The first-order chi connectivity index (χ1) is 9.97. The predicted octanol–water partition coefficient (Wildman–Crippen LogP) is 5.17. The van der Waals surface area contributed by atoms with E-state index in [0.29, 0.717) is 0 Å². The van der Waals surface area contributed by atoms with Gasteiger partial charge in [-0.3, -0.25) is 0 Å². The summed E-state index contributed by atoms with van der Waals surface area (Å²) in [7, 11) is 0. The van der Waals surface area contributed by atoms with Crippen molar-refractivity contribution in [2.75, 3.05) is 0 Å². The van der Waals surface area contributed by atoms with E-state index in [2.05, 4.69) is 62.4 Å². The summed E-state index contributed by atoms with van der Waals surface area (Å²) in [6.07, 6.45) is 2.14. The van der Waals surface area contributed by atoms with Gasteiger partial charge in [-0.15, -0.1) is 0 Å². The second kappa shape index (κ2) is 4.11. The molecule has 2 aromatic rings. The van der Waals surface area contributed by atoms with Gasteiger partial charge in [0.15, 0.2) is 0 Å². The van der Waals surface area contributed by atoms with Crippen LogP contribution in [0.15, 0.2) is 48.5 Å². The fourth-order valence-electron chi connectivity index (χ4n) is 4.52. The normalized spacial score (nSPS) is 36.2. The van der Waals surface area contributed by atoms with Gasteiger partial charge in [0.05, 0.1) is 9.49 Å². The Bertz CT molecular complexity index is 686. The van der Waals surface area contributed by atoms with Crippen molar-refractivity contribution in [2.24, 2.45) is 5.41 Å². The smallest absolute Gasteiger partial charge is 0.0687 e. The van der Waals surface area contributed by atoms with E-state index >= 15 is 0 Å². The third kappa shape index (κ3) is 1.41. The van der Waals surface area contributed by atoms with Crippen molar-refractivity contribution in [1.29, 1.82) is 0 Å². The molecule has 0 spiro atoms. The van der Waals surface area contributed by atoms with Crippen LogP contribution in [-0.4, -0.2) is 0 Å². The van der Waals surface area contributed by atoms with Crippen molar-refractivity contribution in [3.8, 4) is 0 Å². The molecule has 0 unspecified atom stereocenters. The minimum atomic E-state index is -0.223. The highest BCUT2D eigenvalue weighted by Gasteiger charge is 2.62. The standard InChI is InChI=1S/C19H20S2/c1-3-17(2)12-18(20)13-8-4-6-10-15(13)19(17,21)16-11-7-5-9-14(16)18/h4-11,20-21H,3,12H2,1-2H3/t17-,18?,19?/m0/s1. The molecule has 0 nitrogen and oxygen atoms in total. The second-order valence-electron chi connectivity index (χ2n) is 6.75. The molecule has 2 aromatic carbocycles. The van der Waals surface area contributed by atoms with Crippen LogP contribution in [0.25, 0.3) is 0 Å². The van der Waals surface area contributed by atoms with Gasteiger partial charge >= 0.3 is 0 Å². The van der Waals surface area contributed by atoms with Gasteiger partial charge in [-0.1, -0.05) is 62.4 Å². The first-order valence-corrected chi connectivity index (χ1v) is 8.51. The van der Waals surface area contributed by atoms with E-state index in [4.69, 9.17) is 25.3 Å². The van der Waals surface area contributed by atoms with E-state index in [-0.39, 0.29) is 14.9 Å². The Morgan fingerprint density at radius 3 is 1.71 bits per heavy atom. The maximum absolute atomic E-state index is 5.31. The lowest BCUT2D eigenvalue weighted by Gasteiger charge is -2.61. The molecule has 0 fully saturated rings. The first kappa shape index (κ1) is 13.8. The number of fused-ring (bicyclic) bond motifs is 1. The van der Waals surface area contributed by atoms with E-state index in [1.165, 1.54) is 22.3 Å². The maximum atomic E-state index is 5.31. The van der Waals surface area contributed by atoms with Crippen LogP contribution in [0.2, 0.25) is 0 Å². The minimum absolute atomic E-state index is 0.112. The summed E-state index contributed by atoms with van der Waals surface area (Å²) < 4.78 is -0.415. The first-order valence-electron chi connectivity index (χ1n) is 7.62. The third-order valence-electron chi connectivity index (χ3n) is 5.82.